The van der Waals surface area contributed by atoms with E-state index in [1.807, 2.05) is 0 Å². The lowest BCUT2D eigenvalue weighted by molar-refractivity contribution is -0.384. The van der Waals surface area contributed by atoms with Gasteiger partial charge in [0.2, 0.25) is 5.78 Å². The van der Waals surface area contributed by atoms with Crippen LogP contribution in [0.5, 0.6) is 0 Å². The maximum atomic E-state index is 12.1. The van der Waals surface area contributed by atoms with Crippen LogP contribution in [-0.4, -0.2) is 21.8 Å². The number of non-ortho nitro benzene ring substituents is 1. The minimum absolute atomic E-state index is 0.177. The van der Waals surface area contributed by atoms with Crippen molar-refractivity contribution in [2.75, 3.05) is 0 Å². The third-order valence-electron chi connectivity index (χ3n) is 2.43. The number of carboxylic acid groups (broad SMARTS) is 1. The minimum atomic E-state index is -1.30. The van der Waals surface area contributed by atoms with Crippen LogP contribution >= 0.6 is 11.3 Å². The van der Waals surface area contributed by atoms with Crippen LogP contribution in [0.25, 0.3) is 0 Å². The van der Waals surface area contributed by atoms with Crippen LogP contribution in [-0.2, 0) is 0 Å². The number of carbonyl (C=O) groups excluding carboxylic acids is 1. The zero-order chi connectivity index (χ0) is 14.0. The molecule has 7 heteroatoms. The monoisotopic (exact) mass is 277 g/mol. The van der Waals surface area contributed by atoms with Crippen molar-refractivity contribution in [3.05, 3.63) is 61.8 Å². The molecule has 1 N–H and O–H groups in total. The standard InChI is InChI=1S/C12H7NO5S/c14-11(10-2-1-5-19-10)9-6-7(13(17)18)3-4-8(9)12(15)16/h1-6H,(H,15,16). The zero-order valence-corrected chi connectivity index (χ0v) is 10.2. The summed E-state index contributed by atoms with van der Waals surface area (Å²) in [6.07, 6.45) is 0. The highest BCUT2D eigenvalue weighted by atomic mass is 32.1. The van der Waals surface area contributed by atoms with Crippen molar-refractivity contribution >= 4 is 28.8 Å². The molecular formula is C12H7NO5S. The highest BCUT2D eigenvalue weighted by Gasteiger charge is 2.22. The van der Waals surface area contributed by atoms with Gasteiger partial charge < -0.3 is 5.11 Å². The number of nitro benzene ring substituents is 1. The summed E-state index contributed by atoms with van der Waals surface area (Å²) in [5.74, 6) is -1.83. The van der Waals surface area contributed by atoms with Crippen LogP contribution in [0.15, 0.2) is 35.7 Å². The van der Waals surface area contributed by atoms with Crippen LogP contribution in [0.4, 0.5) is 5.69 Å². The molecule has 0 fully saturated rings. The fraction of sp³-hybridized carbons (Fsp3) is 0. The van der Waals surface area contributed by atoms with Crippen LogP contribution in [0.3, 0.4) is 0 Å². The molecular weight excluding hydrogens is 270 g/mol. The van der Waals surface area contributed by atoms with E-state index in [1.54, 1.807) is 11.4 Å². The number of carbonyl (C=O) groups is 2. The van der Waals surface area contributed by atoms with Gasteiger partial charge in [-0.25, -0.2) is 4.79 Å². The Bertz CT molecular complexity index is 663. The van der Waals surface area contributed by atoms with E-state index in [9.17, 15) is 19.7 Å². The molecule has 96 valence electrons. The maximum absolute atomic E-state index is 12.1. The van der Waals surface area contributed by atoms with Gasteiger partial charge in [0.15, 0.2) is 0 Å². The van der Waals surface area contributed by atoms with E-state index in [0.29, 0.717) is 4.88 Å². The first kappa shape index (κ1) is 12.9. The van der Waals surface area contributed by atoms with Crippen molar-refractivity contribution < 1.29 is 19.6 Å². The Morgan fingerprint density at radius 2 is 1.95 bits per heavy atom. The van der Waals surface area contributed by atoms with E-state index in [2.05, 4.69) is 0 Å². The zero-order valence-electron chi connectivity index (χ0n) is 9.40. The molecule has 1 aromatic carbocycles. The van der Waals surface area contributed by atoms with Gasteiger partial charge in [-0.05, 0) is 17.5 Å². The second kappa shape index (κ2) is 4.99. The first-order valence-corrected chi connectivity index (χ1v) is 5.98. The molecule has 2 aromatic rings. The first-order chi connectivity index (χ1) is 9.00. The molecule has 19 heavy (non-hydrogen) atoms. The number of thiophene rings is 1. The van der Waals surface area contributed by atoms with Crippen LogP contribution < -0.4 is 0 Å². The molecule has 0 bridgehead atoms. The van der Waals surface area contributed by atoms with E-state index < -0.39 is 16.7 Å². The van der Waals surface area contributed by atoms with E-state index >= 15 is 0 Å². The van der Waals surface area contributed by atoms with Gasteiger partial charge in [0, 0.05) is 17.7 Å². The first-order valence-electron chi connectivity index (χ1n) is 5.10. The summed E-state index contributed by atoms with van der Waals surface area (Å²) >= 11 is 1.15. The van der Waals surface area contributed by atoms with Gasteiger partial charge in [0.1, 0.15) is 0 Å². The molecule has 1 aromatic heterocycles. The largest absolute Gasteiger partial charge is 0.478 e. The maximum Gasteiger partial charge on any atom is 0.336 e. The summed E-state index contributed by atoms with van der Waals surface area (Å²) in [6, 6.07) is 6.31. The van der Waals surface area contributed by atoms with Crippen LogP contribution in [0.1, 0.15) is 25.6 Å². The van der Waals surface area contributed by atoms with Crippen molar-refractivity contribution in [1.82, 2.24) is 0 Å². The van der Waals surface area contributed by atoms with Crippen LogP contribution in [0.2, 0.25) is 0 Å². The fourth-order valence-corrected chi connectivity index (χ4v) is 2.24. The van der Waals surface area contributed by atoms with Crippen LogP contribution in [0, 0.1) is 10.1 Å². The lowest BCUT2D eigenvalue weighted by Crippen LogP contribution is -2.09. The Balaban J connectivity index is 2.58. The molecule has 0 spiro atoms. The normalized spacial score (nSPS) is 10.1. The summed E-state index contributed by atoms with van der Waals surface area (Å²) in [7, 11) is 0. The van der Waals surface area contributed by atoms with Crippen molar-refractivity contribution in [1.29, 1.82) is 0 Å². The predicted molar refractivity (Wildman–Crippen MR) is 67.8 cm³/mol. The SMILES string of the molecule is O=C(O)c1ccc([N+](=O)[O-])cc1C(=O)c1cccs1. The smallest absolute Gasteiger partial charge is 0.336 e. The minimum Gasteiger partial charge on any atom is -0.478 e. The van der Waals surface area contributed by atoms with E-state index in [0.717, 1.165) is 29.5 Å². The lowest BCUT2D eigenvalue weighted by atomic mass is 10.0. The number of hydrogen-bond donors (Lipinski definition) is 1. The number of rotatable bonds is 4. The summed E-state index contributed by atoms with van der Waals surface area (Å²) in [4.78, 5) is 33.5. The Hall–Kier alpha value is -2.54. The van der Waals surface area contributed by atoms with Crippen molar-refractivity contribution in [3.8, 4) is 0 Å². The average molecular weight is 277 g/mol. The molecule has 0 radical (unpaired) electrons. The molecule has 0 atom stereocenters. The third kappa shape index (κ3) is 2.50. The van der Waals surface area contributed by atoms with E-state index in [4.69, 9.17) is 5.11 Å². The van der Waals surface area contributed by atoms with Gasteiger partial charge in [-0.3, -0.25) is 14.9 Å². The number of hydrogen-bond acceptors (Lipinski definition) is 5. The average Bonchev–Trinajstić information content (AvgIpc) is 2.90. The third-order valence-corrected chi connectivity index (χ3v) is 3.30. The van der Waals surface area contributed by atoms with Crippen molar-refractivity contribution in [3.63, 3.8) is 0 Å². The Kier molecular flexibility index (Phi) is 3.39. The van der Waals surface area contributed by atoms with Gasteiger partial charge in [-0.2, -0.15) is 0 Å². The summed E-state index contributed by atoms with van der Waals surface area (Å²) in [5.41, 5.74) is -0.738. The molecule has 0 aliphatic carbocycles. The van der Waals surface area contributed by atoms with E-state index in [-0.39, 0.29) is 16.8 Å². The number of ketones is 1. The van der Waals surface area contributed by atoms with Gasteiger partial charge in [-0.1, -0.05) is 6.07 Å². The quantitative estimate of drug-likeness (QED) is 0.526. The topological polar surface area (TPSA) is 97.5 Å². The van der Waals surface area contributed by atoms with Gasteiger partial charge in [0.25, 0.3) is 5.69 Å². The predicted octanol–water partition coefficient (Wildman–Crippen LogP) is 2.59. The number of nitrogens with zero attached hydrogens (tertiary/aromatic N) is 1. The highest BCUT2D eigenvalue weighted by molar-refractivity contribution is 7.12. The molecule has 0 saturated heterocycles. The molecule has 1 heterocycles. The molecule has 2 rings (SSSR count). The molecule has 0 aliphatic rings. The van der Waals surface area contributed by atoms with Gasteiger partial charge >= 0.3 is 5.97 Å². The Morgan fingerprint density at radius 3 is 2.47 bits per heavy atom. The van der Waals surface area contributed by atoms with Gasteiger partial charge in [-0.15, -0.1) is 11.3 Å². The molecule has 0 unspecified atom stereocenters. The second-order valence-corrected chi connectivity index (χ2v) is 4.55. The van der Waals surface area contributed by atoms with E-state index in [1.165, 1.54) is 6.07 Å². The van der Waals surface area contributed by atoms with Crippen molar-refractivity contribution in [2.45, 2.75) is 0 Å². The lowest BCUT2D eigenvalue weighted by Gasteiger charge is -2.03. The molecule has 0 saturated carbocycles. The number of carboxylic acids is 1. The summed E-state index contributed by atoms with van der Waals surface area (Å²) < 4.78 is 0. The van der Waals surface area contributed by atoms with Gasteiger partial charge in [0.05, 0.1) is 15.4 Å². The fourth-order valence-electron chi connectivity index (χ4n) is 1.56. The highest BCUT2D eigenvalue weighted by Crippen LogP contribution is 2.23. The molecule has 6 nitrogen and oxygen atoms in total. The molecule has 0 aliphatic heterocycles. The summed E-state index contributed by atoms with van der Waals surface area (Å²) in [6.45, 7) is 0. The number of benzene rings is 1. The Labute approximate surface area is 111 Å². The molecule has 0 amide bonds. The summed E-state index contributed by atoms with van der Waals surface area (Å²) in [5, 5.41) is 21.4. The second-order valence-electron chi connectivity index (χ2n) is 3.60. The van der Waals surface area contributed by atoms with Crippen molar-refractivity contribution in [2.24, 2.45) is 0 Å². The number of aromatic carboxylic acids is 1. The Morgan fingerprint density at radius 1 is 1.21 bits per heavy atom. The number of nitro groups is 1.